The summed E-state index contributed by atoms with van der Waals surface area (Å²) in [5.74, 6) is -0.500. The highest BCUT2D eigenvalue weighted by Gasteiger charge is 2.20. The quantitative estimate of drug-likeness (QED) is 0.408. The summed E-state index contributed by atoms with van der Waals surface area (Å²) in [7, 11) is 0. The number of hydrogen-bond donors (Lipinski definition) is 2. The molecule has 1 aromatic rings. The van der Waals surface area contributed by atoms with Crippen LogP contribution in [0.15, 0.2) is 30.3 Å². The van der Waals surface area contributed by atoms with Crippen LogP contribution in [0.5, 0.6) is 0 Å². The molecule has 0 saturated heterocycles. The zero-order chi connectivity index (χ0) is 17.1. The van der Waals surface area contributed by atoms with Crippen LogP contribution in [0.3, 0.4) is 0 Å². The van der Waals surface area contributed by atoms with Crippen molar-refractivity contribution in [3.63, 3.8) is 0 Å². The van der Waals surface area contributed by atoms with E-state index in [1.165, 1.54) is 0 Å². The van der Waals surface area contributed by atoms with Crippen LogP contribution >= 0.6 is 12.2 Å². The first-order valence-electron chi connectivity index (χ1n) is 7.45. The Morgan fingerprint density at radius 1 is 1.26 bits per heavy atom. The molecule has 126 valence electrons. The number of nitrogens with two attached hydrogens (primary N) is 1. The second-order valence-corrected chi connectivity index (χ2v) is 5.41. The Hall–Kier alpha value is -2.15. The van der Waals surface area contributed by atoms with E-state index in [1.807, 2.05) is 37.3 Å². The Labute approximate surface area is 141 Å². The van der Waals surface area contributed by atoms with Crippen molar-refractivity contribution < 1.29 is 19.1 Å². The molecular formula is C16H22N2O4S. The van der Waals surface area contributed by atoms with Gasteiger partial charge >= 0.3 is 12.1 Å². The topological polar surface area (TPSA) is 90.6 Å². The molecule has 0 fully saturated rings. The molecule has 3 N–H and O–H groups in total. The van der Waals surface area contributed by atoms with E-state index in [1.54, 1.807) is 0 Å². The highest BCUT2D eigenvalue weighted by atomic mass is 32.1. The first kappa shape index (κ1) is 18.9. The van der Waals surface area contributed by atoms with Crippen molar-refractivity contribution in [2.45, 2.75) is 38.8 Å². The molecule has 1 unspecified atom stereocenters. The summed E-state index contributed by atoms with van der Waals surface area (Å²) in [6.07, 6.45) is 0.903. The summed E-state index contributed by atoms with van der Waals surface area (Å²) in [6.45, 7) is 2.46. The molecule has 0 radical (unpaired) electrons. The van der Waals surface area contributed by atoms with Gasteiger partial charge in [0.1, 0.15) is 6.61 Å². The summed E-state index contributed by atoms with van der Waals surface area (Å²) < 4.78 is 10.1. The molecule has 0 aliphatic carbocycles. The molecule has 1 atom stereocenters. The standard InChI is InChI=1S/C16H22N2O4S/c1-2-3-9-21-16(20)18-13(15(17)23)10-14(19)22-11-12-7-5-4-6-8-12/h4-8,13H,2-3,9-11H2,1H3,(H2,17,23)(H,18,20). The SMILES string of the molecule is CCCCOC(=O)NC(CC(=O)OCc1ccccc1)C(N)=S. The maximum Gasteiger partial charge on any atom is 0.407 e. The molecule has 23 heavy (non-hydrogen) atoms. The highest BCUT2D eigenvalue weighted by Crippen LogP contribution is 2.04. The number of ether oxygens (including phenoxy) is 2. The molecule has 1 rings (SSSR count). The van der Waals surface area contributed by atoms with Crippen LogP contribution < -0.4 is 11.1 Å². The number of esters is 1. The predicted molar refractivity (Wildman–Crippen MR) is 90.8 cm³/mol. The van der Waals surface area contributed by atoms with Crippen molar-refractivity contribution in [3.05, 3.63) is 35.9 Å². The molecule has 1 amide bonds. The summed E-state index contributed by atoms with van der Waals surface area (Å²) in [6, 6.07) is 8.50. The highest BCUT2D eigenvalue weighted by molar-refractivity contribution is 7.80. The van der Waals surface area contributed by atoms with Crippen molar-refractivity contribution in [2.24, 2.45) is 5.73 Å². The maximum absolute atomic E-state index is 11.8. The average Bonchev–Trinajstić information content (AvgIpc) is 2.53. The van der Waals surface area contributed by atoms with Gasteiger partial charge in [0.05, 0.1) is 24.1 Å². The number of carbonyl (C=O) groups is 2. The van der Waals surface area contributed by atoms with Gasteiger partial charge in [-0.3, -0.25) is 4.79 Å². The van der Waals surface area contributed by atoms with Crippen LogP contribution in [-0.4, -0.2) is 29.7 Å². The summed E-state index contributed by atoms with van der Waals surface area (Å²) in [5.41, 5.74) is 6.42. The van der Waals surface area contributed by atoms with Crippen molar-refractivity contribution in [1.82, 2.24) is 5.32 Å². The lowest BCUT2D eigenvalue weighted by molar-refractivity contribution is -0.145. The Balaban J connectivity index is 2.40. The van der Waals surface area contributed by atoms with Crippen molar-refractivity contribution in [3.8, 4) is 0 Å². The minimum Gasteiger partial charge on any atom is -0.461 e. The lowest BCUT2D eigenvalue weighted by atomic mass is 10.2. The molecule has 0 saturated carbocycles. The fourth-order valence-electron chi connectivity index (χ4n) is 1.68. The molecule has 0 aliphatic heterocycles. The Bertz CT molecular complexity index is 522. The number of thiocarbonyl (C=S) groups is 1. The van der Waals surface area contributed by atoms with Crippen molar-refractivity contribution in [2.75, 3.05) is 6.61 Å². The van der Waals surface area contributed by atoms with E-state index in [4.69, 9.17) is 27.4 Å². The van der Waals surface area contributed by atoms with Gasteiger partial charge in [0, 0.05) is 0 Å². The molecule has 6 nitrogen and oxygen atoms in total. The van der Waals surface area contributed by atoms with Crippen molar-refractivity contribution >= 4 is 29.3 Å². The first-order valence-corrected chi connectivity index (χ1v) is 7.86. The Kier molecular flexibility index (Phi) is 8.67. The van der Waals surface area contributed by atoms with Gasteiger partial charge in [-0.2, -0.15) is 0 Å². The molecule has 0 aromatic heterocycles. The number of hydrogen-bond acceptors (Lipinski definition) is 5. The molecule has 0 spiro atoms. The summed E-state index contributed by atoms with van der Waals surface area (Å²) in [5, 5.41) is 2.48. The van der Waals surface area contributed by atoms with E-state index in [0.29, 0.717) is 6.61 Å². The van der Waals surface area contributed by atoms with Gasteiger partial charge in [-0.15, -0.1) is 0 Å². The largest absolute Gasteiger partial charge is 0.461 e. The maximum atomic E-state index is 11.8. The number of benzene rings is 1. The second-order valence-electron chi connectivity index (χ2n) is 4.94. The van der Waals surface area contributed by atoms with E-state index in [9.17, 15) is 9.59 Å². The third-order valence-electron chi connectivity index (χ3n) is 2.98. The van der Waals surface area contributed by atoms with Crippen LogP contribution in [0.1, 0.15) is 31.7 Å². The third kappa shape index (κ3) is 8.15. The minimum absolute atomic E-state index is 0.00843. The van der Waals surface area contributed by atoms with E-state index >= 15 is 0 Å². The van der Waals surface area contributed by atoms with Gasteiger partial charge in [0.25, 0.3) is 0 Å². The smallest absolute Gasteiger partial charge is 0.407 e. The van der Waals surface area contributed by atoms with Gasteiger partial charge in [-0.1, -0.05) is 55.9 Å². The lowest BCUT2D eigenvalue weighted by Gasteiger charge is -2.16. The number of amides is 1. The van der Waals surface area contributed by atoms with Crippen LogP contribution in [0.25, 0.3) is 0 Å². The summed E-state index contributed by atoms with van der Waals surface area (Å²) in [4.78, 5) is 23.4. The zero-order valence-electron chi connectivity index (χ0n) is 13.1. The molecule has 0 bridgehead atoms. The van der Waals surface area contributed by atoms with Gasteiger partial charge in [-0.25, -0.2) is 4.79 Å². The minimum atomic E-state index is -0.789. The third-order valence-corrected chi connectivity index (χ3v) is 3.26. The van der Waals surface area contributed by atoms with Gasteiger partial charge in [0.2, 0.25) is 0 Å². The average molecular weight is 338 g/mol. The van der Waals surface area contributed by atoms with Gasteiger partial charge in [0.15, 0.2) is 0 Å². The van der Waals surface area contributed by atoms with Gasteiger partial charge < -0.3 is 20.5 Å². The van der Waals surface area contributed by atoms with E-state index in [-0.39, 0.29) is 18.0 Å². The van der Waals surface area contributed by atoms with E-state index in [0.717, 1.165) is 18.4 Å². The van der Waals surface area contributed by atoms with E-state index in [2.05, 4.69) is 5.32 Å². The fourth-order valence-corrected chi connectivity index (χ4v) is 1.82. The number of alkyl carbamates (subject to hydrolysis) is 1. The number of carbonyl (C=O) groups excluding carboxylic acids is 2. The molecule has 7 heteroatoms. The van der Waals surface area contributed by atoms with Crippen LogP contribution in [0, 0.1) is 0 Å². The van der Waals surface area contributed by atoms with Crippen LogP contribution in [0.2, 0.25) is 0 Å². The van der Waals surface area contributed by atoms with Gasteiger partial charge in [-0.05, 0) is 12.0 Å². The Morgan fingerprint density at radius 3 is 2.57 bits per heavy atom. The normalized spacial score (nSPS) is 11.3. The number of nitrogens with one attached hydrogen (secondary N) is 1. The monoisotopic (exact) mass is 338 g/mol. The number of rotatable bonds is 9. The second kappa shape index (κ2) is 10.6. The van der Waals surface area contributed by atoms with Crippen LogP contribution in [-0.2, 0) is 20.9 Å². The summed E-state index contributed by atoms with van der Waals surface area (Å²) >= 11 is 4.87. The molecule has 1 aromatic carbocycles. The Morgan fingerprint density at radius 2 is 1.96 bits per heavy atom. The molecule has 0 heterocycles. The first-order chi connectivity index (χ1) is 11.0. The predicted octanol–water partition coefficient (Wildman–Crippen LogP) is 2.30. The lowest BCUT2D eigenvalue weighted by Crippen LogP contribution is -2.45. The zero-order valence-corrected chi connectivity index (χ0v) is 13.9. The number of unbranched alkanes of at least 4 members (excludes halogenated alkanes) is 1. The molecular weight excluding hydrogens is 316 g/mol. The van der Waals surface area contributed by atoms with E-state index < -0.39 is 18.1 Å². The molecule has 0 aliphatic rings. The van der Waals surface area contributed by atoms with Crippen molar-refractivity contribution in [1.29, 1.82) is 0 Å². The van der Waals surface area contributed by atoms with Crippen LogP contribution in [0.4, 0.5) is 4.79 Å². The fraction of sp³-hybridized carbons (Fsp3) is 0.438.